The maximum atomic E-state index is 12.0. The van der Waals surface area contributed by atoms with Crippen LogP contribution in [0.5, 0.6) is 5.75 Å². The van der Waals surface area contributed by atoms with E-state index in [-0.39, 0.29) is 12.5 Å². The molecule has 1 aromatic heterocycles. The van der Waals surface area contributed by atoms with E-state index in [2.05, 4.69) is 10.4 Å². The summed E-state index contributed by atoms with van der Waals surface area (Å²) in [6.07, 6.45) is 4.35. The number of hydrogen-bond acceptors (Lipinski definition) is 4. The van der Waals surface area contributed by atoms with Gasteiger partial charge in [0.15, 0.2) is 0 Å². The smallest absolute Gasteiger partial charge is 0.220 e. The van der Waals surface area contributed by atoms with Gasteiger partial charge in [0, 0.05) is 25.2 Å². The molecule has 6 nitrogen and oxygen atoms in total. The number of nitrogens with zero attached hydrogens (tertiary/aromatic N) is 2. The highest BCUT2D eigenvalue weighted by molar-refractivity contribution is 5.76. The summed E-state index contributed by atoms with van der Waals surface area (Å²) in [7, 11) is 3.41. The normalized spacial score (nSPS) is 13.4. The van der Waals surface area contributed by atoms with E-state index in [1.807, 2.05) is 24.3 Å². The first-order valence-corrected chi connectivity index (χ1v) is 7.52. The Morgan fingerprint density at radius 2 is 2.09 bits per heavy atom. The molecule has 124 valence electrons. The van der Waals surface area contributed by atoms with Gasteiger partial charge in [-0.25, -0.2) is 0 Å². The molecule has 6 heteroatoms. The monoisotopic (exact) mass is 317 g/mol. The molecule has 2 rings (SSSR count). The lowest BCUT2D eigenvalue weighted by molar-refractivity contribution is -0.122. The van der Waals surface area contributed by atoms with E-state index in [0.717, 1.165) is 11.3 Å². The number of nitrogens with one attached hydrogen (secondary N) is 1. The first-order chi connectivity index (χ1) is 10.9. The summed E-state index contributed by atoms with van der Waals surface area (Å²) in [6, 6.07) is 7.64. The van der Waals surface area contributed by atoms with E-state index in [4.69, 9.17) is 4.74 Å². The van der Waals surface area contributed by atoms with Crippen LogP contribution in [0.3, 0.4) is 0 Å². The van der Waals surface area contributed by atoms with Gasteiger partial charge in [0.05, 0.1) is 19.9 Å². The molecule has 2 aromatic rings. The summed E-state index contributed by atoms with van der Waals surface area (Å²) in [5.74, 6) is 0.704. The van der Waals surface area contributed by atoms with Crippen molar-refractivity contribution in [2.24, 2.45) is 7.05 Å². The largest absolute Gasteiger partial charge is 0.497 e. The van der Waals surface area contributed by atoms with Crippen molar-refractivity contribution in [1.29, 1.82) is 0 Å². The van der Waals surface area contributed by atoms with Crippen LogP contribution < -0.4 is 10.1 Å². The molecule has 1 heterocycles. The van der Waals surface area contributed by atoms with Crippen molar-refractivity contribution < 1.29 is 14.6 Å². The molecule has 1 aromatic carbocycles. The quantitative estimate of drug-likeness (QED) is 0.809. The molecule has 0 radical (unpaired) electrons. The topological polar surface area (TPSA) is 76.4 Å². The summed E-state index contributed by atoms with van der Waals surface area (Å²) < 4.78 is 6.72. The lowest BCUT2D eigenvalue weighted by Gasteiger charge is -2.22. The van der Waals surface area contributed by atoms with Crippen molar-refractivity contribution in [2.75, 3.05) is 13.7 Å². The highest BCUT2D eigenvalue weighted by atomic mass is 16.5. The maximum Gasteiger partial charge on any atom is 0.220 e. The summed E-state index contributed by atoms with van der Waals surface area (Å²) in [5, 5.41) is 17.2. The maximum absolute atomic E-state index is 12.0. The molecule has 0 aliphatic heterocycles. The number of ether oxygens (including phenoxy) is 1. The first kappa shape index (κ1) is 17.0. The Labute approximate surface area is 136 Å². The molecular weight excluding hydrogens is 294 g/mol. The molecule has 0 saturated carbocycles. The zero-order valence-corrected chi connectivity index (χ0v) is 13.7. The summed E-state index contributed by atoms with van der Waals surface area (Å²) in [5.41, 5.74) is 0.611. The molecule has 0 aliphatic rings. The van der Waals surface area contributed by atoms with Crippen LogP contribution in [0.4, 0.5) is 0 Å². The molecule has 1 atom stereocenters. The Morgan fingerprint density at radius 1 is 1.39 bits per heavy atom. The van der Waals surface area contributed by atoms with Crippen molar-refractivity contribution in [3.8, 4) is 5.75 Å². The van der Waals surface area contributed by atoms with Crippen LogP contribution in [-0.4, -0.2) is 34.4 Å². The zero-order chi connectivity index (χ0) is 16.9. The fraction of sp³-hybridized carbons (Fsp3) is 0.412. The van der Waals surface area contributed by atoms with Crippen LogP contribution >= 0.6 is 0 Å². The van der Waals surface area contributed by atoms with Crippen LogP contribution in [0.1, 0.15) is 24.5 Å². The fourth-order valence-electron chi connectivity index (χ4n) is 2.21. The molecule has 23 heavy (non-hydrogen) atoms. The van der Waals surface area contributed by atoms with Crippen LogP contribution in [-0.2, 0) is 23.9 Å². The lowest BCUT2D eigenvalue weighted by atomic mass is 9.99. The Kier molecular flexibility index (Phi) is 5.39. The number of carbonyl (C=O) groups excluding carboxylic acids is 1. The van der Waals surface area contributed by atoms with Crippen molar-refractivity contribution in [2.45, 2.75) is 25.4 Å². The van der Waals surface area contributed by atoms with Gasteiger partial charge in [-0.05, 0) is 31.0 Å². The number of aryl methyl sites for hydroxylation is 2. The standard InChI is InChI=1S/C17H23N3O3/c1-17(22,14-10-19-20(2)11-14)12-18-16(21)9-6-13-4-7-15(23-3)8-5-13/h4-5,7-8,10-11,22H,6,9,12H2,1-3H3,(H,18,21). The minimum absolute atomic E-state index is 0.0926. The van der Waals surface area contributed by atoms with Gasteiger partial charge >= 0.3 is 0 Å². The minimum Gasteiger partial charge on any atom is -0.497 e. The predicted octanol–water partition coefficient (Wildman–Crippen LogP) is 1.39. The predicted molar refractivity (Wildman–Crippen MR) is 87.1 cm³/mol. The minimum atomic E-state index is -1.13. The Balaban J connectivity index is 1.80. The number of rotatable bonds is 7. The van der Waals surface area contributed by atoms with Crippen LogP contribution in [0.15, 0.2) is 36.7 Å². The fourth-order valence-corrected chi connectivity index (χ4v) is 2.21. The van der Waals surface area contributed by atoms with Gasteiger partial charge in [-0.3, -0.25) is 9.48 Å². The van der Waals surface area contributed by atoms with E-state index < -0.39 is 5.60 Å². The van der Waals surface area contributed by atoms with Gasteiger partial charge < -0.3 is 15.2 Å². The van der Waals surface area contributed by atoms with Gasteiger partial charge in [0.2, 0.25) is 5.91 Å². The average molecular weight is 317 g/mol. The lowest BCUT2D eigenvalue weighted by Crippen LogP contribution is -2.38. The van der Waals surface area contributed by atoms with E-state index in [0.29, 0.717) is 18.4 Å². The molecule has 0 spiro atoms. The van der Waals surface area contributed by atoms with Crippen LogP contribution in [0.2, 0.25) is 0 Å². The highest BCUT2D eigenvalue weighted by Crippen LogP contribution is 2.18. The summed E-state index contributed by atoms with van der Waals surface area (Å²) in [6.45, 7) is 1.81. The van der Waals surface area contributed by atoms with Gasteiger partial charge in [-0.2, -0.15) is 5.10 Å². The number of benzene rings is 1. The van der Waals surface area contributed by atoms with Crippen LogP contribution in [0, 0.1) is 0 Å². The molecule has 0 saturated heterocycles. The third kappa shape index (κ3) is 4.82. The van der Waals surface area contributed by atoms with Crippen molar-refractivity contribution in [3.63, 3.8) is 0 Å². The Morgan fingerprint density at radius 3 is 2.65 bits per heavy atom. The Bertz CT molecular complexity index is 647. The second-order valence-corrected chi connectivity index (χ2v) is 5.80. The number of carbonyl (C=O) groups is 1. The number of aromatic nitrogens is 2. The van der Waals surface area contributed by atoms with Crippen molar-refractivity contribution in [3.05, 3.63) is 47.8 Å². The summed E-state index contributed by atoms with van der Waals surface area (Å²) in [4.78, 5) is 12.0. The van der Waals surface area contributed by atoms with Crippen molar-refractivity contribution >= 4 is 5.91 Å². The van der Waals surface area contributed by atoms with E-state index >= 15 is 0 Å². The third-order valence-corrected chi connectivity index (χ3v) is 3.76. The highest BCUT2D eigenvalue weighted by Gasteiger charge is 2.25. The number of amides is 1. The molecule has 1 unspecified atom stereocenters. The molecule has 0 bridgehead atoms. The van der Waals surface area contributed by atoms with Crippen LogP contribution in [0.25, 0.3) is 0 Å². The van der Waals surface area contributed by atoms with E-state index in [1.54, 1.807) is 38.2 Å². The average Bonchev–Trinajstić information content (AvgIpc) is 2.99. The summed E-state index contributed by atoms with van der Waals surface area (Å²) >= 11 is 0. The van der Waals surface area contributed by atoms with Gasteiger partial charge in [0.1, 0.15) is 11.4 Å². The van der Waals surface area contributed by atoms with Crippen molar-refractivity contribution in [1.82, 2.24) is 15.1 Å². The van der Waals surface area contributed by atoms with Gasteiger partial charge in [-0.15, -0.1) is 0 Å². The number of aliphatic hydroxyl groups is 1. The zero-order valence-electron chi connectivity index (χ0n) is 13.7. The van der Waals surface area contributed by atoms with Gasteiger partial charge in [0.25, 0.3) is 0 Å². The van der Waals surface area contributed by atoms with E-state index in [9.17, 15) is 9.90 Å². The first-order valence-electron chi connectivity index (χ1n) is 7.52. The van der Waals surface area contributed by atoms with E-state index in [1.165, 1.54) is 0 Å². The number of methoxy groups -OCH3 is 1. The number of hydrogen-bond donors (Lipinski definition) is 2. The third-order valence-electron chi connectivity index (χ3n) is 3.76. The Hall–Kier alpha value is -2.34. The SMILES string of the molecule is COc1ccc(CCC(=O)NCC(C)(O)c2cnn(C)c2)cc1. The molecule has 1 amide bonds. The molecule has 2 N–H and O–H groups in total. The molecular formula is C17H23N3O3. The second-order valence-electron chi connectivity index (χ2n) is 5.80. The molecule has 0 aliphatic carbocycles. The van der Waals surface area contributed by atoms with Gasteiger partial charge in [-0.1, -0.05) is 12.1 Å². The second kappa shape index (κ2) is 7.28. The molecule has 0 fully saturated rings.